The number of benzene rings is 1. The molecule has 1 unspecified atom stereocenters. The van der Waals surface area contributed by atoms with Gasteiger partial charge in [-0.2, -0.15) is 0 Å². The van der Waals surface area contributed by atoms with Crippen LogP contribution in [-0.4, -0.2) is 5.97 Å². The molecule has 84 valence electrons. The Bertz CT molecular complexity index is 448. The second kappa shape index (κ2) is 3.74. The van der Waals surface area contributed by atoms with Crippen molar-refractivity contribution in [3.8, 4) is 0 Å². The van der Waals surface area contributed by atoms with Gasteiger partial charge < -0.3 is 4.74 Å². The van der Waals surface area contributed by atoms with E-state index in [0.717, 1.165) is 5.56 Å². The highest BCUT2D eigenvalue weighted by molar-refractivity contribution is 5.90. The fraction of sp³-hybridized carbons (Fsp3) is 0.308. The van der Waals surface area contributed by atoms with E-state index in [1.165, 1.54) is 12.1 Å². The molecule has 2 nitrogen and oxygen atoms in total. The minimum absolute atomic E-state index is 0.241. The van der Waals surface area contributed by atoms with Crippen LogP contribution >= 0.6 is 0 Å². The van der Waals surface area contributed by atoms with E-state index in [2.05, 4.69) is 0 Å². The maximum atomic E-state index is 12.7. The standard InChI is InChI=1S/C13H13FO2/c1-3-13(2)8-11(16-12(13)15)9-4-6-10(14)7-5-9/h4-8H,3H2,1-2H3. The monoisotopic (exact) mass is 220 g/mol. The van der Waals surface area contributed by atoms with Gasteiger partial charge in [0.05, 0.1) is 5.41 Å². The Labute approximate surface area is 93.7 Å². The van der Waals surface area contributed by atoms with Gasteiger partial charge in [0.1, 0.15) is 11.6 Å². The van der Waals surface area contributed by atoms with E-state index in [-0.39, 0.29) is 11.8 Å². The zero-order valence-electron chi connectivity index (χ0n) is 9.29. The van der Waals surface area contributed by atoms with Crippen molar-refractivity contribution in [2.24, 2.45) is 5.41 Å². The molecule has 16 heavy (non-hydrogen) atoms. The lowest BCUT2D eigenvalue weighted by atomic mass is 9.88. The minimum Gasteiger partial charge on any atom is -0.426 e. The molecule has 1 aliphatic rings. The molecule has 1 heterocycles. The van der Waals surface area contributed by atoms with Gasteiger partial charge in [0.2, 0.25) is 0 Å². The van der Waals surface area contributed by atoms with Crippen molar-refractivity contribution in [2.75, 3.05) is 0 Å². The van der Waals surface area contributed by atoms with Crippen LogP contribution in [0.4, 0.5) is 4.39 Å². The van der Waals surface area contributed by atoms with Gasteiger partial charge >= 0.3 is 5.97 Å². The lowest BCUT2D eigenvalue weighted by Gasteiger charge is -2.12. The molecular weight excluding hydrogens is 207 g/mol. The molecule has 0 aliphatic carbocycles. The first kappa shape index (κ1) is 10.9. The van der Waals surface area contributed by atoms with Crippen LogP contribution in [0.5, 0.6) is 0 Å². The Morgan fingerprint density at radius 2 is 1.94 bits per heavy atom. The first-order valence-electron chi connectivity index (χ1n) is 5.26. The third-order valence-corrected chi connectivity index (χ3v) is 2.98. The van der Waals surface area contributed by atoms with Crippen LogP contribution in [0.1, 0.15) is 25.8 Å². The summed E-state index contributed by atoms with van der Waals surface area (Å²) < 4.78 is 17.9. The van der Waals surface area contributed by atoms with E-state index in [9.17, 15) is 9.18 Å². The van der Waals surface area contributed by atoms with Crippen molar-refractivity contribution >= 4 is 11.7 Å². The molecule has 0 radical (unpaired) electrons. The molecule has 1 aromatic rings. The molecular formula is C13H13FO2. The minimum atomic E-state index is -0.552. The normalized spacial score (nSPS) is 24.2. The highest BCUT2D eigenvalue weighted by Crippen LogP contribution is 2.37. The molecule has 0 spiro atoms. The number of halogens is 1. The topological polar surface area (TPSA) is 26.3 Å². The number of ether oxygens (including phenoxy) is 1. The first-order chi connectivity index (χ1) is 7.55. The SMILES string of the molecule is CCC1(C)C=C(c2ccc(F)cc2)OC1=O. The Kier molecular flexibility index (Phi) is 2.54. The Balaban J connectivity index is 2.34. The molecule has 1 atom stereocenters. The lowest BCUT2D eigenvalue weighted by molar-refractivity contribution is -0.142. The molecule has 3 heteroatoms. The van der Waals surface area contributed by atoms with Gasteiger partial charge in [-0.3, -0.25) is 4.79 Å². The predicted octanol–water partition coefficient (Wildman–Crippen LogP) is 3.14. The van der Waals surface area contributed by atoms with Crippen molar-refractivity contribution in [3.63, 3.8) is 0 Å². The van der Waals surface area contributed by atoms with Gasteiger partial charge in [-0.05, 0) is 43.7 Å². The number of cyclic esters (lactones) is 1. The third kappa shape index (κ3) is 1.73. The molecule has 0 saturated carbocycles. The zero-order chi connectivity index (χ0) is 11.8. The average Bonchev–Trinajstić information content (AvgIpc) is 2.57. The van der Waals surface area contributed by atoms with Crippen molar-refractivity contribution < 1.29 is 13.9 Å². The summed E-state index contributed by atoms with van der Waals surface area (Å²) in [5.41, 5.74) is 0.177. The molecule has 0 fully saturated rings. The Morgan fingerprint density at radius 1 is 1.31 bits per heavy atom. The fourth-order valence-electron chi connectivity index (χ4n) is 1.60. The van der Waals surface area contributed by atoms with Crippen LogP contribution in [0, 0.1) is 11.2 Å². The maximum Gasteiger partial charge on any atom is 0.321 e. The Hall–Kier alpha value is -1.64. The van der Waals surface area contributed by atoms with Crippen molar-refractivity contribution in [2.45, 2.75) is 20.3 Å². The van der Waals surface area contributed by atoms with E-state index in [4.69, 9.17) is 4.74 Å². The average molecular weight is 220 g/mol. The van der Waals surface area contributed by atoms with Crippen molar-refractivity contribution in [1.29, 1.82) is 0 Å². The van der Waals surface area contributed by atoms with Gasteiger partial charge in [0.15, 0.2) is 0 Å². The van der Waals surface area contributed by atoms with Crippen LogP contribution in [-0.2, 0) is 9.53 Å². The van der Waals surface area contributed by atoms with E-state index >= 15 is 0 Å². The highest BCUT2D eigenvalue weighted by Gasteiger charge is 2.38. The van der Waals surface area contributed by atoms with Gasteiger partial charge in [-0.25, -0.2) is 4.39 Å². The van der Waals surface area contributed by atoms with E-state index in [0.29, 0.717) is 12.2 Å². The van der Waals surface area contributed by atoms with Crippen LogP contribution < -0.4 is 0 Å². The van der Waals surface area contributed by atoms with Gasteiger partial charge in [-0.15, -0.1) is 0 Å². The van der Waals surface area contributed by atoms with Crippen LogP contribution in [0.2, 0.25) is 0 Å². The van der Waals surface area contributed by atoms with E-state index < -0.39 is 5.41 Å². The second-order valence-electron chi connectivity index (χ2n) is 4.18. The van der Waals surface area contributed by atoms with E-state index in [1.807, 2.05) is 19.9 Å². The third-order valence-electron chi connectivity index (χ3n) is 2.98. The summed E-state index contributed by atoms with van der Waals surface area (Å²) in [6, 6.07) is 5.92. The lowest BCUT2D eigenvalue weighted by Crippen LogP contribution is -2.20. The van der Waals surface area contributed by atoms with Gasteiger partial charge in [-0.1, -0.05) is 6.92 Å². The van der Waals surface area contributed by atoms with Crippen LogP contribution in [0.3, 0.4) is 0 Å². The molecule has 0 aromatic heterocycles. The Morgan fingerprint density at radius 3 is 2.44 bits per heavy atom. The number of esters is 1. The summed E-state index contributed by atoms with van der Waals surface area (Å²) >= 11 is 0. The summed E-state index contributed by atoms with van der Waals surface area (Å²) in [6.45, 7) is 3.78. The van der Waals surface area contributed by atoms with Gasteiger partial charge in [0.25, 0.3) is 0 Å². The predicted molar refractivity (Wildman–Crippen MR) is 58.9 cm³/mol. The number of rotatable bonds is 2. The summed E-state index contributed by atoms with van der Waals surface area (Å²) in [5, 5.41) is 0. The summed E-state index contributed by atoms with van der Waals surface area (Å²) in [6.07, 6.45) is 2.50. The van der Waals surface area contributed by atoms with Crippen molar-refractivity contribution in [3.05, 3.63) is 41.7 Å². The summed E-state index contributed by atoms with van der Waals surface area (Å²) in [5.74, 6) is -0.0180. The maximum absolute atomic E-state index is 12.7. The summed E-state index contributed by atoms with van der Waals surface area (Å²) in [7, 11) is 0. The number of carbonyl (C=O) groups is 1. The molecule has 0 bridgehead atoms. The second-order valence-corrected chi connectivity index (χ2v) is 4.18. The first-order valence-corrected chi connectivity index (χ1v) is 5.26. The smallest absolute Gasteiger partial charge is 0.321 e. The van der Waals surface area contributed by atoms with Crippen LogP contribution in [0.25, 0.3) is 5.76 Å². The van der Waals surface area contributed by atoms with Crippen LogP contribution in [0.15, 0.2) is 30.3 Å². The molecule has 2 rings (SSSR count). The quantitative estimate of drug-likeness (QED) is 0.716. The number of carbonyl (C=O) groups excluding carboxylic acids is 1. The number of hydrogen-bond donors (Lipinski definition) is 0. The highest BCUT2D eigenvalue weighted by atomic mass is 19.1. The largest absolute Gasteiger partial charge is 0.426 e. The number of hydrogen-bond acceptors (Lipinski definition) is 2. The van der Waals surface area contributed by atoms with Crippen molar-refractivity contribution in [1.82, 2.24) is 0 Å². The van der Waals surface area contributed by atoms with Gasteiger partial charge in [0, 0.05) is 5.56 Å². The molecule has 0 saturated heterocycles. The molecule has 0 amide bonds. The van der Waals surface area contributed by atoms with E-state index in [1.54, 1.807) is 12.1 Å². The molecule has 1 aromatic carbocycles. The fourth-order valence-corrected chi connectivity index (χ4v) is 1.60. The summed E-state index contributed by atoms with van der Waals surface area (Å²) in [4.78, 5) is 11.6. The molecule has 0 N–H and O–H groups in total. The molecule has 1 aliphatic heterocycles. The zero-order valence-corrected chi connectivity index (χ0v) is 9.29.